The Morgan fingerprint density at radius 1 is 1.41 bits per heavy atom. The van der Waals surface area contributed by atoms with Crippen LogP contribution in [0.25, 0.3) is 0 Å². The van der Waals surface area contributed by atoms with Crippen LogP contribution in [0.15, 0.2) is 16.4 Å². The molecule has 2 heterocycles. The monoisotopic (exact) mass is 506 g/mol. The summed E-state index contributed by atoms with van der Waals surface area (Å²) in [6, 6.07) is 2.12. The van der Waals surface area contributed by atoms with Gasteiger partial charge in [-0.15, -0.1) is 35.3 Å². The van der Waals surface area contributed by atoms with Crippen molar-refractivity contribution in [3.05, 3.63) is 21.9 Å². The van der Waals surface area contributed by atoms with Gasteiger partial charge in [-0.2, -0.15) is 0 Å². The number of hydrogen-bond acceptors (Lipinski definition) is 4. The number of ether oxygens (including phenoxy) is 1. The molecule has 0 saturated heterocycles. The molecule has 8 heteroatoms. The van der Waals surface area contributed by atoms with Crippen LogP contribution < -0.4 is 10.6 Å². The Balaban J connectivity index is 0.00000261. The van der Waals surface area contributed by atoms with E-state index in [9.17, 15) is 4.79 Å². The van der Waals surface area contributed by atoms with E-state index in [2.05, 4.69) is 27.1 Å². The molecule has 0 aromatic carbocycles. The number of hydrogen-bond donors (Lipinski definition) is 2. The number of halogens is 1. The van der Waals surface area contributed by atoms with E-state index in [1.807, 2.05) is 11.8 Å². The minimum absolute atomic E-state index is 0. The van der Waals surface area contributed by atoms with Crippen molar-refractivity contribution in [3.8, 4) is 0 Å². The van der Waals surface area contributed by atoms with Gasteiger partial charge < -0.3 is 20.3 Å². The second-order valence-corrected chi connectivity index (χ2v) is 7.93. The maximum absolute atomic E-state index is 12.5. The molecule has 6 nitrogen and oxygen atoms in total. The van der Waals surface area contributed by atoms with Crippen molar-refractivity contribution in [1.82, 2.24) is 15.5 Å². The van der Waals surface area contributed by atoms with Gasteiger partial charge in [-0.3, -0.25) is 4.79 Å². The zero-order chi connectivity index (χ0) is 18.2. The lowest BCUT2D eigenvalue weighted by molar-refractivity contribution is -0.130. The van der Waals surface area contributed by atoms with E-state index < -0.39 is 0 Å². The number of fused-ring (bicyclic) bond motifs is 1. The molecule has 0 radical (unpaired) electrons. The largest absolute Gasteiger partial charge is 0.381 e. The van der Waals surface area contributed by atoms with Crippen LogP contribution in [0.1, 0.15) is 36.6 Å². The molecule has 1 aromatic heterocycles. The van der Waals surface area contributed by atoms with Crippen LogP contribution in [0.4, 0.5) is 0 Å². The summed E-state index contributed by atoms with van der Waals surface area (Å²) in [4.78, 5) is 20.2. The van der Waals surface area contributed by atoms with Gasteiger partial charge in [-0.1, -0.05) is 0 Å². The van der Waals surface area contributed by atoms with Crippen molar-refractivity contribution in [2.75, 3.05) is 39.4 Å². The molecule has 0 atom stereocenters. The van der Waals surface area contributed by atoms with Gasteiger partial charge in [-0.25, -0.2) is 4.99 Å². The standard InChI is InChI=1S/C19H30N4O2S.HI/c1-2-20-19(21-8-3-10-25-14-15-4-5-15)22-12-18(24)23-9-6-17-16(13-23)7-11-26-17;/h7,11,15H,2-6,8-10,12-14H2,1H3,(H2,20,21,22);1H. The molecule has 152 valence electrons. The Morgan fingerprint density at radius 2 is 2.26 bits per heavy atom. The fourth-order valence-electron chi connectivity index (χ4n) is 2.97. The molecule has 0 unspecified atom stereocenters. The Labute approximate surface area is 183 Å². The van der Waals surface area contributed by atoms with Gasteiger partial charge >= 0.3 is 0 Å². The van der Waals surface area contributed by atoms with E-state index in [4.69, 9.17) is 4.74 Å². The van der Waals surface area contributed by atoms with Crippen LogP contribution in [0.5, 0.6) is 0 Å². The normalized spacial score (nSPS) is 16.5. The quantitative estimate of drug-likeness (QED) is 0.234. The van der Waals surface area contributed by atoms with Gasteiger partial charge in [0, 0.05) is 44.3 Å². The van der Waals surface area contributed by atoms with Crippen molar-refractivity contribution in [1.29, 1.82) is 0 Å². The molecule has 0 spiro atoms. The number of thiophene rings is 1. The van der Waals surface area contributed by atoms with Gasteiger partial charge in [0.05, 0.1) is 0 Å². The smallest absolute Gasteiger partial charge is 0.244 e. The Bertz CT molecular complexity index is 619. The molecule has 1 amide bonds. The number of rotatable bonds is 9. The van der Waals surface area contributed by atoms with Crippen molar-refractivity contribution >= 4 is 47.2 Å². The van der Waals surface area contributed by atoms with E-state index in [-0.39, 0.29) is 36.4 Å². The first-order valence-corrected chi connectivity index (χ1v) is 10.6. The number of nitrogens with zero attached hydrogens (tertiary/aromatic N) is 2. The highest BCUT2D eigenvalue weighted by Crippen LogP contribution is 2.28. The SMILES string of the molecule is CCNC(=NCC(=O)N1CCc2sccc2C1)NCCCOCC1CC1.I. The molecule has 3 rings (SSSR count). The number of aliphatic imine (C=N–C) groups is 1. The van der Waals surface area contributed by atoms with Gasteiger partial charge in [0.1, 0.15) is 6.54 Å². The van der Waals surface area contributed by atoms with Crippen LogP contribution in [0.2, 0.25) is 0 Å². The zero-order valence-electron chi connectivity index (χ0n) is 16.0. The fraction of sp³-hybridized carbons (Fsp3) is 0.684. The molecular formula is C19H31IN4O2S. The molecule has 2 N–H and O–H groups in total. The summed E-state index contributed by atoms with van der Waals surface area (Å²) in [5.74, 6) is 1.61. The topological polar surface area (TPSA) is 66.0 Å². The third kappa shape index (κ3) is 7.57. The molecule has 27 heavy (non-hydrogen) atoms. The van der Waals surface area contributed by atoms with E-state index in [0.29, 0.717) is 5.96 Å². The minimum Gasteiger partial charge on any atom is -0.381 e. The van der Waals surface area contributed by atoms with E-state index in [1.54, 1.807) is 11.3 Å². The predicted octanol–water partition coefficient (Wildman–Crippen LogP) is 2.62. The highest BCUT2D eigenvalue weighted by molar-refractivity contribution is 14.0. The molecule has 1 fully saturated rings. The third-order valence-corrected chi connectivity index (χ3v) is 5.71. The maximum atomic E-state index is 12.5. The van der Waals surface area contributed by atoms with Crippen LogP contribution in [-0.4, -0.2) is 56.2 Å². The summed E-state index contributed by atoms with van der Waals surface area (Å²) < 4.78 is 5.64. The summed E-state index contributed by atoms with van der Waals surface area (Å²) in [7, 11) is 0. The van der Waals surface area contributed by atoms with E-state index >= 15 is 0 Å². The minimum atomic E-state index is 0. The van der Waals surface area contributed by atoms with Gasteiger partial charge in [-0.05, 0) is 55.5 Å². The molecule has 1 aliphatic heterocycles. The number of guanidine groups is 1. The van der Waals surface area contributed by atoms with E-state index in [0.717, 1.165) is 58.2 Å². The van der Waals surface area contributed by atoms with Crippen molar-refractivity contribution < 1.29 is 9.53 Å². The highest BCUT2D eigenvalue weighted by Gasteiger charge is 2.21. The fourth-order valence-corrected chi connectivity index (χ4v) is 3.85. The summed E-state index contributed by atoms with van der Waals surface area (Å²) in [6.45, 7) is 6.99. The number of carbonyl (C=O) groups excluding carboxylic acids is 1. The number of carbonyl (C=O) groups is 1. The lowest BCUT2D eigenvalue weighted by Gasteiger charge is -2.26. The summed E-state index contributed by atoms with van der Waals surface area (Å²) in [5.41, 5.74) is 1.29. The molecular weight excluding hydrogens is 475 g/mol. The second kappa shape index (κ2) is 11.9. The van der Waals surface area contributed by atoms with Crippen LogP contribution in [0.3, 0.4) is 0 Å². The lowest BCUT2D eigenvalue weighted by Crippen LogP contribution is -2.40. The maximum Gasteiger partial charge on any atom is 0.244 e. The Kier molecular flexibility index (Phi) is 9.84. The molecule has 1 aliphatic carbocycles. The van der Waals surface area contributed by atoms with Crippen molar-refractivity contribution in [3.63, 3.8) is 0 Å². The van der Waals surface area contributed by atoms with Crippen LogP contribution in [0, 0.1) is 5.92 Å². The van der Waals surface area contributed by atoms with Crippen molar-refractivity contribution in [2.24, 2.45) is 10.9 Å². The molecule has 2 aliphatic rings. The summed E-state index contributed by atoms with van der Waals surface area (Å²) in [6.07, 6.45) is 4.56. The van der Waals surface area contributed by atoms with Crippen LogP contribution in [-0.2, 0) is 22.5 Å². The molecule has 0 bridgehead atoms. The Morgan fingerprint density at radius 3 is 3.04 bits per heavy atom. The summed E-state index contributed by atoms with van der Waals surface area (Å²) >= 11 is 1.79. The van der Waals surface area contributed by atoms with E-state index in [1.165, 1.54) is 23.3 Å². The lowest BCUT2D eigenvalue weighted by atomic mass is 10.1. The predicted molar refractivity (Wildman–Crippen MR) is 121 cm³/mol. The first-order chi connectivity index (χ1) is 12.8. The Hall–Kier alpha value is -0.870. The average molecular weight is 506 g/mol. The number of amides is 1. The van der Waals surface area contributed by atoms with Crippen LogP contribution >= 0.6 is 35.3 Å². The second-order valence-electron chi connectivity index (χ2n) is 6.93. The third-order valence-electron chi connectivity index (χ3n) is 4.69. The average Bonchev–Trinajstić information content (AvgIpc) is 3.36. The summed E-state index contributed by atoms with van der Waals surface area (Å²) in [5, 5.41) is 8.59. The first kappa shape index (κ1) is 22.4. The molecule has 1 saturated carbocycles. The molecule has 1 aromatic rings. The zero-order valence-corrected chi connectivity index (χ0v) is 19.2. The first-order valence-electron chi connectivity index (χ1n) is 9.69. The van der Waals surface area contributed by atoms with Gasteiger partial charge in [0.15, 0.2) is 5.96 Å². The van der Waals surface area contributed by atoms with Gasteiger partial charge in [0.2, 0.25) is 5.91 Å². The highest BCUT2D eigenvalue weighted by atomic mass is 127. The number of nitrogens with one attached hydrogen (secondary N) is 2. The van der Waals surface area contributed by atoms with Crippen molar-refractivity contribution in [2.45, 2.75) is 39.2 Å². The van der Waals surface area contributed by atoms with Gasteiger partial charge in [0.25, 0.3) is 0 Å².